The number of amides is 1. The minimum atomic E-state index is -0.545. The summed E-state index contributed by atoms with van der Waals surface area (Å²) in [5, 5.41) is 2.75. The first-order chi connectivity index (χ1) is 10.5. The Hall–Kier alpha value is -2.21. The van der Waals surface area contributed by atoms with Crippen molar-refractivity contribution in [3.63, 3.8) is 0 Å². The molecule has 114 valence electrons. The highest BCUT2D eigenvalue weighted by Crippen LogP contribution is 2.20. The van der Waals surface area contributed by atoms with Crippen LogP contribution in [-0.4, -0.2) is 23.5 Å². The van der Waals surface area contributed by atoms with Gasteiger partial charge in [0.1, 0.15) is 11.4 Å². The predicted octanol–water partition coefficient (Wildman–Crippen LogP) is 3.58. The van der Waals surface area contributed by atoms with Crippen molar-refractivity contribution in [1.29, 1.82) is 0 Å². The van der Waals surface area contributed by atoms with E-state index in [2.05, 4.69) is 26.2 Å². The summed E-state index contributed by atoms with van der Waals surface area (Å²) >= 11 is 3.40. The second-order valence-electron chi connectivity index (χ2n) is 4.55. The van der Waals surface area contributed by atoms with Crippen molar-refractivity contribution < 1.29 is 14.3 Å². The van der Waals surface area contributed by atoms with Crippen molar-refractivity contribution in [3.05, 3.63) is 57.8 Å². The van der Waals surface area contributed by atoms with Gasteiger partial charge in [-0.3, -0.25) is 4.79 Å². The lowest BCUT2D eigenvalue weighted by Gasteiger charge is -2.07. The van der Waals surface area contributed by atoms with Crippen molar-refractivity contribution in [2.45, 2.75) is 13.8 Å². The first-order valence-corrected chi connectivity index (χ1v) is 7.52. The van der Waals surface area contributed by atoms with E-state index in [0.29, 0.717) is 5.69 Å². The number of aromatic nitrogens is 1. The molecule has 1 aromatic heterocycles. The summed E-state index contributed by atoms with van der Waals surface area (Å²) < 4.78 is 5.84. The van der Waals surface area contributed by atoms with Crippen molar-refractivity contribution in [1.82, 2.24) is 4.98 Å². The third-order valence-electron chi connectivity index (χ3n) is 2.88. The Labute approximate surface area is 136 Å². The SMILES string of the molecule is CCOC(=O)c1cccc(C(=O)Nc2ccc(Br)c(C)c2)n1. The predicted molar refractivity (Wildman–Crippen MR) is 87.0 cm³/mol. The van der Waals surface area contributed by atoms with Gasteiger partial charge in [-0.15, -0.1) is 0 Å². The number of aryl methyl sites for hydroxylation is 1. The van der Waals surface area contributed by atoms with Crippen LogP contribution in [0.1, 0.15) is 33.5 Å². The molecule has 0 atom stereocenters. The van der Waals surface area contributed by atoms with E-state index in [-0.39, 0.29) is 23.9 Å². The molecular weight excluding hydrogens is 348 g/mol. The molecule has 1 N–H and O–H groups in total. The number of rotatable bonds is 4. The molecule has 2 rings (SSSR count). The van der Waals surface area contributed by atoms with Gasteiger partial charge in [-0.1, -0.05) is 22.0 Å². The van der Waals surface area contributed by atoms with Crippen LogP contribution in [0.25, 0.3) is 0 Å². The van der Waals surface area contributed by atoms with Crippen LogP contribution in [0.3, 0.4) is 0 Å². The zero-order chi connectivity index (χ0) is 16.1. The highest BCUT2D eigenvalue weighted by Gasteiger charge is 2.13. The molecule has 0 bridgehead atoms. The first kappa shape index (κ1) is 16.2. The third kappa shape index (κ3) is 3.92. The lowest BCUT2D eigenvalue weighted by Crippen LogP contribution is -2.16. The van der Waals surface area contributed by atoms with Gasteiger partial charge in [0.15, 0.2) is 0 Å². The number of pyridine rings is 1. The molecular formula is C16H15BrN2O3. The molecule has 0 fully saturated rings. The molecule has 1 amide bonds. The van der Waals surface area contributed by atoms with Gasteiger partial charge in [-0.05, 0) is 49.7 Å². The lowest BCUT2D eigenvalue weighted by molar-refractivity contribution is 0.0519. The van der Waals surface area contributed by atoms with Crippen molar-refractivity contribution in [2.75, 3.05) is 11.9 Å². The number of ether oxygens (including phenoxy) is 1. The lowest BCUT2D eigenvalue weighted by atomic mass is 10.2. The van der Waals surface area contributed by atoms with E-state index >= 15 is 0 Å². The zero-order valence-corrected chi connectivity index (χ0v) is 13.8. The van der Waals surface area contributed by atoms with Gasteiger partial charge >= 0.3 is 5.97 Å². The summed E-state index contributed by atoms with van der Waals surface area (Å²) in [6, 6.07) is 10.1. The van der Waals surface area contributed by atoms with Crippen molar-refractivity contribution >= 4 is 33.5 Å². The number of esters is 1. The second kappa shape index (κ2) is 7.17. The van der Waals surface area contributed by atoms with Crippen LogP contribution in [0.4, 0.5) is 5.69 Å². The number of carbonyl (C=O) groups is 2. The number of hydrogen-bond acceptors (Lipinski definition) is 4. The maximum absolute atomic E-state index is 12.2. The molecule has 0 spiro atoms. The van der Waals surface area contributed by atoms with Crippen LogP contribution < -0.4 is 5.32 Å². The molecule has 1 heterocycles. The van der Waals surface area contributed by atoms with Gasteiger partial charge in [0, 0.05) is 10.2 Å². The minimum Gasteiger partial charge on any atom is -0.461 e. The summed E-state index contributed by atoms with van der Waals surface area (Å²) in [6.07, 6.45) is 0. The van der Waals surface area contributed by atoms with Gasteiger partial charge in [0.05, 0.1) is 6.61 Å². The quantitative estimate of drug-likeness (QED) is 0.844. The van der Waals surface area contributed by atoms with Crippen LogP contribution in [0.15, 0.2) is 40.9 Å². The highest BCUT2D eigenvalue weighted by molar-refractivity contribution is 9.10. The Bertz CT molecular complexity index is 716. The van der Waals surface area contributed by atoms with E-state index in [9.17, 15) is 9.59 Å². The Morgan fingerprint density at radius 1 is 1.23 bits per heavy atom. The molecule has 0 unspecified atom stereocenters. The number of benzene rings is 1. The van der Waals surface area contributed by atoms with Crippen LogP contribution in [0.5, 0.6) is 0 Å². The van der Waals surface area contributed by atoms with Crippen LogP contribution in [0.2, 0.25) is 0 Å². The third-order valence-corrected chi connectivity index (χ3v) is 3.77. The monoisotopic (exact) mass is 362 g/mol. The largest absolute Gasteiger partial charge is 0.461 e. The number of nitrogens with one attached hydrogen (secondary N) is 1. The fourth-order valence-electron chi connectivity index (χ4n) is 1.80. The topological polar surface area (TPSA) is 68.3 Å². The molecule has 22 heavy (non-hydrogen) atoms. The van der Waals surface area contributed by atoms with Gasteiger partial charge in [0.2, 0.25) is 0 Å². The van der Waals surface area contributed by atoms with Crippen LogP contribution >= 0.6 is 15.9 Å². The summed E-state index contributed by atoms with van der Waals surface area (Å²) in [6.45, 7) is 3.90. The Morgan fingerprint density at radius 2 is 1.95 bits per heavy atom. The summed E-state index contributed by atoms with van der Waals surface area (Å²) in [7, 11) is 0. The summed E-state index contributed by atoms with van der Waals surface area (Å²) in [4.78, 5) is 27.9. The fraction of sp³-hybridized carbons (Fsp3) is 0.188. The molecule has 0 aliphatic rings. The minimum absolute atomic E-state index is 0.112. The number of hydrogen-bond donors (Lipinski definition) is 1. The average molecular weight is 363 g/mol. The first-order valence-electron chi connectivity index (χ1n) is 6.73. The summed E-state index contributed by atoms with van der Waals surface area (Å²) in [5.74, 6) is -0.926. The average Bonchev–Trinajstić information content (AvgIpc) is 2.51. The standard InChI is InChI=1S/C16H15BrN2O3/c1-3-22-16(21)14-6-4-5-13(19-14)15(20)18-11-7-8-12(17)10(2)9-11/h4-9H,3H2,1-2H3,(H,18,20). The van der Waals surface area contributed by atoms with E-state index in [0.717, 1.165) is 10.0 Å². The smallest absolute Gasteiger partial charge is 0.356 e. The van der Waals surface area contributed by atoms with Gasteiger partial charge in [0.25, 0.3) is 5.91 Å². The molecule has 5 nitrogen and oxygen atoms in total. The van der Waals surface area contributed by atoms with Crippen molar-refractivity contribution in [3.8, 4) is 0 Å². The van der Waals surface area contributed by atoms with Crippen molar-refractivity contribution in [2.24, 2.45) is 0 Å². The Morgan fingerprint density at radius 3 is 2.64 bits per heavy atom. The Kier molecular flexibility index (Phi) is 5.27. The van der Waals surface area contributed by atoms with Gasteiger partial charge in [-0.25, -0.2) is 9.78 Å². The number of halogens is 1. The molecule has 2 aromatic rings. The molecule has 0 saturated carbocycles. The fourth-order valence-corrected chi connectivity index (χ4v) is 2.04. The molecule has 1 aromatic carbocycles. The molecule has 0 aliphatic heterocycles. The van der Waals surface area contributed by atoms with E-state index in [1.165, 1.54) is 6.07 Å². The Balaban J connectivity index is 2.17. The highest BCUT2D eigenvalue weighted by atomic mass is 79.9. The number of anilines is 1. The van der Waals surface area contributed by atoms with Crippen LogP contribution in [0, 0.1) is 6.92 Å². The second-order valence-corrected chi connectivity index (χ2v) is 5.40. The zero-order valence-electron chi connectivity index (χ0n) is 12.2. The molecule has 6 heteroatoms. The van der Waals surface area contributed by atoms with Gasteiger partial charge < -0.3 is 10.1 Å². The summed E-state index contributed by atoms with van der Waals surface area (Å²) in [5.41, 5.74) is 1.94. The molecule has 0 aliphatic carbocycles. The van der Waals surface area contributed by atoms with Gasteiger partial charge in [-0.2, -0.15) is 0 Å². The van der Waals surface area contributed by atoms with E-state index in [1.807, 2.05) is 19.1 Å². The molecule has 0 radical (unpaired) electrons. The number of nitrogens with zero attached hydrogens (tertiary/aromatic N) is 1. The van der Waals surface area contributed by atoms with E-state index in [4.69, 9.17) is 4.74 Å². The maximum Gasteiger partial charge on any atom is 0.356 e. The van der Waals surface area contributed by atoms with E-state index in [1.54, 1.807) is 25.1 Å². The normalized spacial score (nSPS) is 10.1. The number of carbonyl (C=O) groups excluding carboxylic acids is 2. The van der Waals surface area contributed by atoms with Crippen LogP contribution in [-0.2, 0) is 4.74 Å². The molecule has 0 saturated heterocycles. The van der Waals surface area contributed by atoms with E-state index < -0.39 is 5.97 Å². The maximum atomic E-state index is 12.2.